The van der Waals surface area contributed by atoms with Gasteiger partial charge in [0.05, 0.1) is 0 Å². The maximum absolute atomic E-state index is 5.14. The van der Waals surface area contributed by atoms with Crippen LogP contribution >= 0.6 is 0 Å². The van der Waals surface area contributed by atoms with Crippen LogP contribution in [0.5, 0.6) is 0 Å². The molecule has 2 aliphatic rings. The number of hydrogen-bond acceptors (Lipinski definition) is 0. The summed E-state index contributed by atoms with van der Waals surface area (Å²) in [5, 5.41) is 0. The quantitative estimate of drug-likeness (QED) is 0.0987. The normalized spacial score (nSPS) is 19.0. The Morgan fingerprint density at radius 3 is 1.27 bits per heavy atom. The van der Waals surface area contributed by atoms with Crippen LogP contribution in [0.25, 0.3) is 34.4 Å². The third-order valence-corrected chi connectivity index (χ3v) is 70.3. The molecule has 0 nitrogen and oxygen atoms in total. The van der Waals surface area contributed by atoms with Crippen LogP contribution in [0.1, 0.15) is 104 Å². The first-order valence-electron chi connectivity index (χ1n) is 19.0. The van der Waals surface area contributed by atoms with Gasteiger partial charge < -0.3 is 0 Å². The van der Waals surface area contributed by atoms with E-state index >= 15 is 0 Å². The molecule has 4 aromatic carbocycles. The van der Waals surface area contributed by atoms with Gasteiger partial charge in [-0.1, -0.05) is 0 Å². The minimum atomic E-state index is -5.14. The zero-order valence-corrected chi connectivity index (χ0v) is 36.3. The Morgan fingerprint density at radius 2 is 0.917 bits per heavy atom. The second kappa shape index (κ2) is 11.8. The third-order valence-electron chi connectivity index (χ3n) is 13.7. The van der Waals surface area contributed by atoms with E-state index in [0.717, 1.165) is 0 Å². The van der Waals surface area contributed by atoms with Gasteiger partial charge in [-0.15, -0.1) is 0 Å². The Labute approximate surface area is 288 Å². The molecular formula is C46H60HfSi. The maximum atomic E-state index is 2.97. The molecule has 0 spiro atoms. The minimum absolute atomic E-state index is 0.452. The van der Waals surface area contributed by atoms with Gasteiger partial charge in [0.1, 0.15) is 0 Å². The summed E-state index contributed by atoms with van der Waals surface area (Å²) in [5.41, 5.74) is 17.0. The van der Waals surface area contributed by atoms with Crippen LogP contribution in [-0.4, -0.2) is 6.94 Å². The molecule has 2 aliphatic carbocycles. The molecule has 0 amide bonds. The van der Waals surface area contributed by atoms with Crippen molar-refractivity contribution in [3.63, 3.8) is 0 Å². The predicted molar refractivity (Wildman–Crippen MR) is 215 cm³/mol. The van der Waals surface area contributed by atoms with Gasteiger partial charge in [0.25, 0.3) is 0 Å². The summed E-state index contributed by atoms with van der Waals surface area (Å²) in [7, 11) is 0. The zero-order valence-electron chi connectivity index (χ0n) is 31.3. The van der Waals surface area contributed by atoms with E-state index in [1.807, 2.05) is 0 Å². The van der Waals surface area contributed by atoms with Gasteiger partial charge in [-0.25, -0.2) is 0 Å². The van der Waals surface area contributed by atoms with E-state index in [1.54, 1.807) is 11.1 Å². The van der Waals surface area contributed by atoms with Crippen LogP contribution < -0.4 is 0 Å². The van der Waals surface area contributed by atoms with Gasteiger partial charge in [-0.2, -0.15) is 0 Å². The molecule has 0 aromatic heterocycles. The molecule has 0 radical (unpaired) electrons. The number of rotatable bonds is 12. The molecular weight excluding hydrogens is 759 g/mol. The SMILES string of the molecule is CCCC[CH2][Hf]([CH3])([CH3])(=[SiH2])([CH2]CCCC)([CH]1C=Cc2c(-c3cc(C)cc(C)c3)cccc21)[CH]1C=Cc2c(-c3cc(C)cc(C)c3)cccc21. The Kier molecular flexibility index (Phi) is 8.65. The van der Waals surface area contributed by atoms with E-state index < -0.39 is 14.2 Å². The number of unbranched alkanes of at least 4 members (excludes halogenated alkanes) is 4. The first-order valence-corrected chi connectivity index (χ1v) is 43.7. The fourth-order valence-electron chi connectivity index (χ4n) is 11.1. The molecule has 0 saturated heterocycles. The summed E-state index contributed by atoms with van der Waals surface area (Å²) in [6.45, 7) is 16.3. The summed E-state index contributed by atoms with van der Waals surface area (Å²) < 4.78 is 9.57. The number of benzene rings is 4. The first-order chi connectivity index (χ1) is 22.7. The summed E-state index contributed by atoms with van der Waals surface area (Å²) in [6, 6.07) is 28.7. The van der Waals surface area contributed by atoms with Crippen LogP contribution in [0.2, 0.25) is 17.7 Å². The topological polar surface area (TPSA) is 0 Å². The van der Waals surface area contributed by atoms with Crippen molar-refractivity contribution in [2.24, 2.45) is 0 Å². The average molecular weight is 820 g/mol. The van der Waals surface area contributed by atoms with Crippen LogP contribution in [0.3, 0.4) is 0 Å². The van der Waals surface area contributed by atoms with Crippen molar-refractivity contribution in [2.75, 3.05) is 0 Å². The summed E-state index contributed by atoms with van der Waals surface area (Å²) >= 11 is -5.14. The zero-order chi connectivity index (χ0) is 34.4. The van der Waals surface area contributed by atoms with Gasteiger partial charge in [-0.05, 0) is 0 Å². The van der Waals surface area contributed by atoms with Gasteiger partial charge in [0.2, 0.25) is 0 Å². The van der Waals surface area contributed by atoms with Crippen molar-refractivity contribution < 1.29 is 14.2 Å². The Hall–Kier alpha value is -2.55. The van der Waals surface area contributed by atoms with Crippen molar-refractivity contribution >= 4 is 19.1 Å². The molecule has 2 atom stereocenters. The number of fused-ring (bicyclic) bond motifs is 2. The molecule has 4 aromatic rings. The van der Waals surface area contributed by atoms with Gasteiger partial charge in [0.15, 0.2) is 0 Å². The average Bonchev–Trinajstić information content (AvgIpc) is 3.68. The van der Waals surface area contributed by atoms with Crippen LogP contribution in [0.15, 0.2) is 84.9 Å². The van der Waals surface area contributed by atoms with E-state index in [4.69, 9.17) is 0 Å². The first kappa shape index (κ1) is 35.3. The third kappa shape index (κ3) is 5.68. The van der Waals surface area contributed by atoms with Crippen LogP contribution in [0.4, 0.5) is 0 Å². The van der Waals surface area contributed by atoms with Crippen LogP contribution in [-0.2, 0) is 14.2 Å². The summed E-state index contributed by atoms with van der Waals surface area (Å²) in [4.78, 5) is 0. The molecule has 2 unspecified atom stereocenters. The number of aryl methyl sites for hydroxylation is 4. The molecule has 6 rings (SSSR count). The van der Waals surface area contributed by atoms with Crippen molar-refractivity contribution in [3.05, 3.63) is 129 Å². The molecule has 0 aliphatic heterocycles. The molecule has 0 bridgehead atoms. The van der Waals surface area contributed by atoms with Gasteiger partial charge in [0, 0.05) is 0 Å². The van der Waals surface area contributed by atoms with Crippen molar-refractivity contribution in [3.8, 4) is 22.3 Å². The molecule has 2 heteroatoms. The standard InChI is InChI=1S/2C17H15.2C5H11.2CH3.Hf.H2Si/c2*1-12-9-13(2)11-15(10-12)17-8-4-6-14-5-3-7-16(14)17;2*1-3-5-4-2;;;;/h2*3-11H,1-2H3;2*1,3-5H2,2H3;2*1H3;;1H2. The Bertz CT molecular complexity index is 1910. The van der Waals surface area contributed by atoms with E-state index in [9.17, 15) is 0 Å². The fourth-order valence-corrected chi connectivity index (χ4v) is 60.7. The van der Waals surface area contributed by atoms with E-state index in [2.05, 4.69) is 155 Å². The summed E-state index contributed by atoms with van der Waals surface area (Å²) in [6.07, 6.45) is 18.3. The van der Waals surface area contributed by atoms with Crippen LogP contribution in [0, 0.1) is 27.7 Å². The molecule has 252 valence electrons. The fraction of sp³-hybridized carbons (Fsp3) is 0.391. The van der Waals surface area contributed by atoms with Gasteiger partial charge in [-0.3, -0.25) is 0 Å². The van der Waals surface area contributed by atoms with Crippen molar-refractivity contribution in [1.29, 1.82) is 0 Å². The molecule has 0 saturated carbocycles. The molecule has 0 N–H and O–H groups in total. The number of allylic oxidation sites excluding steroid dienone is 2. The van der Waals surface area contributed by atoms with Gasteiger partial charge >= 0.3 is 290 Å². The molecule has 0 heterocycles. The number of hydrogen-bond donors (Lipinski definition) is 0. The molecule has 48 heavy (non-hydrogen) atoms. The predicted octanol–water partition coefficient (Wildman–Crippen LogP) is 13.7. The van der Waals surface area contributed by atoms with E-state index in [-0.39, 0.29) is 0 Å². The molecule has 0 fully saturated rings. The Balaban J connectivity index is 1.63. The van der Waals surface area contributed by atoms with Crippen molar-refractivity contribution in [2.45, 2.75) is 105 Å². The monoisotopic (exact) mass is 820 g/mol. The second-order valence-corrected chi connectivity index (χ2v) is 95.9. The van der Waals surface area contributed by atoms with Crippen molar-refractivity contribution in [1.82, 2.24) is 0 Å². The Morgan fingerprint density at radius 1 is 0.542 bits per heavy atom. The second-order valence-electron chi connectivity index (χ2n) is 18.9. The summed E-state index contributed by atoms with van der Waals surface area (Å²) in [5.74, 6) is 0. The van der Waals surface area contributed by atoms with E-state index in [0.29, 0.717) is 7.35 Å². The van der Waals surface area contributed by atoms with E-state index in [1.165, 1.54) is 103 Å².